The second-order valence-corrected chi connectivity index (χ2v) is 6.10. The summed E-state index contributed by atoms with van der Waals surface area (Å²) in [5, 5.41) is 7.98. The monoisotopic (exact) mass is 334 g/mol. The molecule has 0 unspecified atom stereocenters. The quantitative estimate of drug-likeness (QED) is 0.834. The molecule has 1 fully saturated rings. The van der Waals surface area contributed by atoms with Crippen LogP contribution in [0.15, 0.2) is 24.4 Å². The van der Waals surface area contributed by atoms with E-state index in [-0.39, 0.29) is 30.0 Å². The molecule has 4 rings (SSSR count). The molecule has 0 N–H and O–H groups in total. The highest BCUT2D eigenvalue weighted by atomic mass is 19.2. The second-order valence-electron chi connectivity index (χ2n) is 6.10. The molecule has 1 aromatic heterocycles. The summed E-state index contributed by atoms with van der Waals surface area (Å²) in [6, 6.07) is 3.79. The van der Waals surface area contributed by atoms with Crippen LogP contribution in [0.3, 0.4) is 0 Å². The minimum Gasteiger partial charge on any atom is -0.370 e. The Morgan fingerprint density at radius 3 is 3.12 bits per heavy atom. The number of fused-ring (bicyclic) bond motifs is 3. The molecule has 0 radical (unpaired) electrons. The Morgan fingerprint density at radius 2 is 2.25 bits per heavy atom. The van der Waals surface area contributed by atoms with E-state index in [9.17, 15) is 13.6 Å². The summed E-state index contributed by atoms with van der Waals surface area (Å²) in [7, 11) is 0. The minimum atomic E-state index is -0.958. The molecule has 0 aliphatic carbocycles. The molecule has 0 saturated carbocycles. The van der Waals surface area contributed by atoms with Crippen molar-refractivity contribution in [2.24, 2.45) is 0 Å². The fourth-order valence-electron chi connectivity index (χ4n) is 3.37. The van der Waals surface area contributed by atoms with E-state index in [1.165, 1.54) is 12.1 Å². The summed E-state index contributed by atoms with van der Waals surface area (Å²) in [4.78, 5) is 14.2. The van der Waals surface area contributed by atoms with Gasteiger partial charge in [0.25, 0.3) is 0 Å². The van der Waals surface area contributed by atoms with Gasteiger partial charge in [0.1, 0.15) is 0 Å². The molecule has 1 amide bonds. The van der Waals surface area contributed by atoms with Crippen LogP contribution in [0.4, 0.5) is 8.78 Å². The van der Waals surface area contributed by atoms with Gasteiger partial charge in [0.2, 0.25) is 5.91 Å². The molecule has 6 nitrogen and oxygen atoms in total. The van der Waals surface area contributed by atoms with E-state index >= 15 is 0 Å². The van der Waals surface area contributed by atoms with Crippen molar-refractivity contribution in [1.29, 1.82) is 0 Å². The van der Waals surface area contributed by atoms with Crippen molar-refractivity contribution >= 4 is 5.91 Å². The van der Waals surface area contributed by atoms with Gasteiger partial charge in [0.05, 0.1) is 37.1 Å². The van der Waals surface area contributed by atoms with Gasteiger partial charge in [-0.25, -0.2) is 13.5 Å². The third-order valence-corrected chi connectivity index (χ3v) is 4.65. The van der Waals surface area contributed by atoms with Crippen LogP contribution in [-0.2, 0) is 22.6 Å². The maximum atomic E-state index is 13.8. The molecular weight excluding hydrogens is 318 g/mol. The summed E-state index contributed by atoms with van der Waals surface area (Å²) in [5.41, 5.74) is 0.949. The van der Waals surface area contributed by atoms with Gasteiger partial charge >= 0.3 is 0 Å². The summed E-state index contributed by atoms with van der Waals surface area (Å²) in [6.07, 6.45) is 2.17. The lowest BCUT2D eigenvalue weighted by Gasteiger charge is -2.41. The second kappa shape index (κ2) is 5.94. The number of hydrogen-bond donors (Lipinski definition) is 0. The number of nitrogens with zero attached hydrogens (tertiary/aromatic N) is 4. The summed E-state index contributed by atoms with van der Waals surface area (Å²) < 4.78 is 34.7. The van der Waals surface area contributed by atoms with Gasteiger partial charge in [-0.1, -0.05) is 17.3 Å². The number of carbonyl (C=O) groups excluding carboxylic acids is 1. The smallest absolute Gasteiger partial charge is 0.227 e. The molecule has 1 aromatic carbocycles. The first-order valence-corrected chi connectivity index (χ1v) is 7.85. The molecule has 24 heavy (non-hydrogen) atoms. The third kappa shape index (κ3) is 2.56. The standard InChI is InChI=1S/C16H16F2N4O2/c17-12-3-1-2-10(16(12)18)6-15(23)21-5-4-14-13(8-21)22-11(9-24-14)7-19-20-22/h1-3,7,13-14H,4-6,8-9H2/t13-,14+/m1/s1. The number of likely N-dealkylation sites (tertiary alicyclic amines) is 1. The largest absolute Gasteiger partial charge is 0.370 e. The predicted octanol–water partition coefficient (Wildman–Crippen LogP) is 1.47. The number of amides is 1. The molecule has 1 saturated heterocycles. The molecule has 126 valence electrons. The van der Waals surface area contributed by atoms with Crippen LogP contribution in [0.1, 0.15) is 23.7 Å². The van der Waals surface area contributed by atoms with Crippen molar-refractivity contribution in [3.63, 3.8) is 0 Å². The fourth-order valence-corrected chi connectivity index (χ4v) is 3.37. The Morgan fingerprint density at radius 1 is 1.38 bits per heavy atom. The van der Waals surface area contributed by atoms with E-state index in [1.54, 1.807) is 15.8 Å². The van der Waals surface area contributed by atoms with Gasteiger partial charge in [0.15, 0.2) is 11.6 Å². The molecule has 8 heteroatoms. The number of carbonyl (C=O) groups is 1. The minimum absolute atomic E-state index is 0.00541. The summed E-state index contributed by atoms with van der Waals surface area (Å²) in [6.45, 7) is 1.42. The first-order chi connectivity index (χ1) is 11.6. The van der Waals surface area contributed by atoms with Crippen molar-refractivity contribution in [3.8, 4) is 0 Å². The highest BCUT2D eigenvalue weighted by molar-refractivity contribution is 5.79. The molecule has 2 aromatic rings. The van der Waals surface area contributed by atoms with E-state index in [0.717, 1.165) is 11.8 Å². The van der Waals surface area contributed by atoms with E-state index in [1.807, 2.05) is 0 Å². The van der Waals surface area contributed by atoms with Crippen LogP contribution in [0.25, 0.3) is 0 Å². The lowest BCUT2D eigenvalue weighted by Crippen LogP contribution is -2.50. The lowest BCUT2D eigenvalue weighted by atomic mass is 9.99. The molecule has 2 atom stereocenters. The number of ether oxygens (including phenoxy) is 1. The zero-order chi connectivity index (χ0) is 16.7. The van der Waals surface area contributed by atoms with Gasteiger partial charge in [-0.2, -0.15) is 0 Å². The van der Waals surface area contributed by atoms with Gasteiger partial charge in [0, 0.05) is 18.7 Å². The molecular formula is C16H16F2N4O2. The maximum absolute atomic E-state index is 13.8. The van der Waals surface area contributed by atoms with Crippen molar-refractivity contribution in [2.75, 3.05) is 13.1 Å². The van der Waals surface area contributed by atoms with E-state index < -0.39 is 11.6 Å². The number of halogens is 2. The van der Waals surface area contributed by atoms with E-state index in [2.05, 4.69) is 10.3 Å². The van der Waals surface area contributed by atoms with Gasteiger partial charge in [-0.05, 0) is 12.5 Å². The molecule has 2 aliphatic heterocycles. The number of hydrogen-bond acceptors (Lipinski definition) is 4. The highest BCUT2D eigenvalue weighted by Gasteiger charge is 2.37. The number of piperidine rings is 1. The van der Waals surface area contributed by atoms with Crippen molar-refractivity contribution in [2.45, 2.75) is 31.6 Å². The average Bonchev–Trinajstić information content (AvgIpc) is 3.07. The Balaban J connectivity index is 1.50. The topological polar surface area (TPSA) is 60.3 Å². The normalized spacial score (nSPS) is 22.8. The molecule has 0 bridgehead atoms. The fraction of sp³-hybridized carbons (Fsp3) is 0.438. The van der Waals surface area contributed by atoms with Gasteiger partial charge in [-0.3, -0.25) is 4.79 Å². The van der Waals surface area contributed by atoms with Crippen LogP contribution >= 0.6 is 0 Å². The first kappa shape index (κ1) is 15.2. The first-order valence-electron chi connectivity index (χ1n) is 7.85. The van der Waals surface area contributed by atoms with Crippen LogP contribution < -0.4 is 0 Å². The van der Waals surface area contributed by atoms with Gasteiger partial charge < -0.3 is 9.64 Å². The predicted molar refractivity (Wildman–Crippen MR) is 78.9 cm³/mol. The Hall–Kier alpha value is -2.35. The lowest BCUT2D eigenvalue weighted by molar-refractivity contribution is -0.137. The Labute approximate surface area is 137 Å². The average molecular weight is 334 g/mol. The van der Waals surface area contributed by atoms with Crippen molar-refractivity contribution < 1.29 is 18.3 Å². The summed E-state index contributed by atoms with van der Waals surface area (Å²) >= 11 is 0. The van der Waals surface area contributed by atoms with Crippen molar-refractivity contribution in [1.82, 2.24) is 19.9 Å². The van der Waals surface area contributed by atoms with E-state index in [0.29, 0.717) is 26.1 Å². The number of rotatable bonds is 2. The Bertz CT molecular complexity index is 779. The van der Waals surface area contributed by atoms with Crippen LogP contribution in [0.2, 0.25) is 0 Å². The maximum Gasteiger partial charge on any atom is 0.227 e. The van der Waals surface area contributed by atoms with Crippen LogP contribution in [0.5, 0.6) is 0 Å². The summed E-state index contributed by atoms with van der Waals surface area (Å²) in [5.74, 6) is -2.13. The number of benzene rings is 1. The zero-order valence-corrected chi connectivity index (χ0v) is 12.9. The van der Waals surface area contributed by atoms with Crippen LogP contribution in [-0.4, -0.2) is 45.0 Å². The van der Waals surface area contributed by atoms with Gasteiger partial charge in [-0.15, -0.1) is 5.10 Å². The molecule has 2 aliphatic rings. The highest BCUT2D eigenvalue weighted by Crippen LogP contribution is 2.30. The molecule has 3 heterocycles. The van der Waals surface area contributed by atoms with E-state index in [4.69, 9.17) is 4.74 Å². The third-order valence-electron chi connectivity index (χ3n) is 4.65. The SMILES string of the molecule is O=C(Cc1cccc(F)c1F)N1CC[C@@H]2OCc3cnnn3[C@@H]2C1. The number of aromatic nitrogens is 3. The van der Waals surface area contributed by atoms with Crippen LogP contribution in [0, 0.1) is 11.6 Å². The Kier molecular flexibility index (Phi) is 3.76. The van der Waals surface area contributed by atoms with Crippen molar-refractivity contribution in [3.05, 3.63) is 47.3 Å². The molecule has 0 spiro atoms. The zero-order valence-electron chi connectivity index (χ0n) is 12.9.